The fraction of sp³-hybridized carbons (Fsp3) is 0.727. The second-order valence-electron chi connectivity index (χ2n) is 4.33. The van der Waals surface area contributed by atoms with Crippen molar-refractivity contribution in [3.63, 3.8) is 0 Å². The first kappa shape index (κ1) is 12.2. The summed E-state index contributed by atoms with van der Waals surface area (Å²) in [5, 5.41) is 21.1. The van der Waals surface area contributed by atoms with Crippen LogP contribution in [0.4, 0.5) is 0 Å². The maximum absolute atomic E-state index is 10.4. The normalized spacial score (nSPS) is 20.5. The molecule has 0 aromatic rings. The lowest BCUT2D eigenvalue weighted by molar-refractivity contribution is -0.131. The highest BCUT2D eigenvalue weighted by Gasteiger charge is 2.32. The van der Waals surface area contributed by atoms with Gasteiger partial charge >= 0.3 is 5.97 Å². The van der Waals surface area contributed by atoms with Gasteiger partial charge < -0.3 is 15.5 Å². The predicted octanol–water partition coefficient (Wildman–Crippen LogP) is 0.912. The van der Waals surface area contributed by atoms with Crippen molar-refractivity contribution in [3.8, 4) is 0 Å². The molecule has 0 saturated heterocycles. The van der Waals surface area contributed by atoms with Crippen molar-refractivity contribution in [2.24, 2.45) is 0 Å². The molecule has 86 valence electrons. The van der Waals surface area contributed by atoms with Crippen LogP contribution in [0.1, 0.15) is 32.6 Å². The van der Waals surface area contributed by atoms with Gasteiger partial charge in [-0.25, -0.2) is 4.79 Å². The van der Waals surface area contributed by atoms with Gasteiger partial charge in [-0.3, -0.25) is 0 Å². The van der Waals surface area contributed by atoms with Crippen LogP contribution in [0, 0.1) is 0 Å². The molecule has 3 N–H and O–H groups in total. The third-order valence-corrected chi connectivity index (χ3v) is 2.98. The van der Waals surface area contributed by atoms with Crippen LogP contribution in [0.15, 0.2) is 11.6 Å². The van der Waals surface area contributed by atoms with Crippen molar-refractivity contribution < 1.29 is 15.0 Å². The van der Waals surface area contributed by atoms with Gasteiger partial charge in [0.2, 0.25) is 0 Å². The summed E-state index contributed by atoms with van der Waals surface area (Å²) in [6.07, 6.45) is 5.42. The van der Waals surface area contributed by atoms with Crippen LogP contribution in [0.2, 0.25) is 0 Å². The van der Waals surface area contributed by atoms with Gasteiger partial charge in [0.25, 0.3) is 0 Å². The number of aliphatic carboxylic acids is 1. The number of nitrogens with one attached hydrogen (secondary N) is 1. The first-order valence-electron chi connectivity index (χ1n) is 5.34. The number of carboxylic acids is 1. The van der Waals surface area contributed by atoms with Crippen LogP contribution in [0.25, 0.3) is 0 Å². The summed E-state index contributed by atoms with van der Waals surface area (Å²) in [6, 6.07) is 0. The average molecular weight is 213 g/mol. The maximum Gasteiger partial charge on any atom is 0.328 e. The molecule has 4 heteroatoms. The van der Waals surface area contributed by atoms with Gasteiger partial charge in [0.15, 0.2) is 0 Å². The Labute approximate surface area is 90.0 Å². The third-order valence-electron chi connectivity index (χ3n) is 2.98. The molecule has 1 aliphatic rings. The molecule has 0 aliphatic heterocycles. The average Bonchev–Trinajstić information content (AvgIpc) is 2.63. The Hall–Kier alpha value is -0.870. The molecule has 0 heterocycles. The Bertz CT molecular complexity index is 255. The standard InChI is InChI=1S/C11H19NO3/c1-9(6-10(14)15)7-12-11(8-13)4-2-3-5-11/h6,12-13H,2-5,7-8H2,1H3,(H,14,15). The second-order valence-corrected chi connectivity index (χ2v) is 4.33. The van der Waals surface area contributed by atoms with Crippen LogP contribution in [0.3, 0.4) is 0 Å². The van der Waals surface area contributed by atoms with E-state index in [0.717, 1.165) is 31.3 Å². The zero-order chi connectivity index (χ0) is 11.3. The van der Waals surface area contributed by atoms with Gasteiger partial charge in [0, 0.05) is 18.2 Å². The molecule has 1 aliphatic carbocycles. The number of hydrogen-bond acceptors (Lipinski definition) is 3. The van der Waals surface area contributed by atoms with E-state index in [9.17, 15) is 9.90 Å². The molecule has 0 amide bonds. The first-order valence-corrected chi connectivity index (χ1v) is 5.34. The molecule has 0 unspecified atom stereocenters. The van der Waals surface area contributed by atoms with E-state index in [2.05, 4.69) is 5.32 Å². The van der Waals surface area contributed by atoms with E-state index in [1.165, 1.54) is 6.08 Å². The highest BCUT2D eigenvalue weighted by molar-refractivity contribution is 5.80. The number of aliphatic hydroxyl groups excluding tert-OH is 1. The van der Waals surface area contributed by atoms with Crippen LogP contribution in [-0.4, -0.2) is 34.9 Å². The smallest absolute Gasteiger partial charge is 0.328 e. The molecule has 0 bridgehead atoms. The molecule has 0 radical (unpaired) electrons. The van der Waals surface area contributed by atoms with Crippen molar-refractivity contribution in [2.75, 3.05) is 13.2 Å². The van der Waals surface area contributed by atoms with Crippen molar-refractivity contribution in [1.29, 1.82) is 0 Å². The Morgan fingerprint density at radius 1 is 1.47 bits per heavy atom. The summed E-state index contributed by atoms with van der Waals surface area (Å²) < 4.78 is 0. The molecule has 4 nitrogen and oxygen atoms in total. The highest BCUT2D eigenvalue weighted by atomic mass is 16.4. The second kappa shape index (κ2) is 5.28. The monoisotopic (exact) mass is 213 g/mol. The number of rotatable bonds is 5. The molecule has 1 saturated carbocycles. The summed E-state index contributed by atoms with van der Waals surface area (Å²) in [5.41, 5.74) is 0.607. The van der Waals surface area contributed by atoms with Crippen molar-refractivity contribution in [3.05, 3.63) is 11.6 Å². The maximum atomic E-state index is 10.4. The Balaban J connectivity index is 2.44. The van der Waals surface area contributed by atoms with Gasteiger partial charge in [-0.2, -0.15) is 0 Å². The minimum absolute atomic E-state index is 0.132. The van der Waals surface area contributed by atoms with Crippen molar-refractivity contribution in [2.45, 2.75) is 38.1 Å². The summed E-state index contributed by atoms with van der Waals surface area (Å²) in [4.78, 5) is 10.4. The lowest BCUT2D eigenvalue weighted by atomic mass is 9.98. The van der Waals surface area contributed by atoms with Crippen molar-refractivity contribution >= 4 is 5.97 Å². The minimum atomic E-state index is -0.918. The molecule has 15 heavy (non-hydrogen) atoms. The summed E-state index contributed by atoms with van der Waals surface area (Å²) in [7, 11) is 0. The molecular formula is C11H19NO3. The third kappa shape index (κ3) is 3.64. The van der Waals surface area contributed by atoms with Crippen LogP contribution in [0.5, 0.6) is 0 Å². The Kier molecular flexibility index (Phi) is 4.29. The van der Waals surface area contributed by atoms with E-state index in [-0.39, 0.29) is 12.1 Å². The molecule has 0 aromatic heterocycles. The zero-order valence-corrected chi connectivity index (χ0v) is 9.12. The fourth-order valence-electron chi connectivity index (χ4n) is 2.03. The first-order chi connectivity index (χ1) is 7.08. The van der Waals surface area contributed by atoms with Crippen LogP contribution in [-0.2, 0) is 4.79 Å². The predicted molar refractivity (Wildman–Crippen MR) is 57.7 cm³/mol. The van der Waals surface area contributed by atoms with Gasteiger partial charge in [0.05, 0.1) is 6.61 Å². The van der Waals surface area contributed by atoms with Gasteiger partial charge in [-0.05, 0) is 19.8 Å². The van der Waals surface area contributed by atoms with Crippen LogP contribution >= 0.6 is 0 Å². The van der Waals surface area contributed by atoms with E-state index in [0.29, 0.717) is 6.54 Å². The van der Waals surface area contributed by atoms with Crippen LogP contribution < -0.4 is 5.32 Å². The van der Waals surface area contributed by atoms with E-state index in [1.54, 1.807) is 6.92 Å². The number of carbonyl (C=O) groups is 1. The molecule has 1 rings (SSSR count). The molecule has 0 spiro atoms. The molecule has 0 atom stereocenters. The van der Waals surface area contributed by atoms with Crippen molar-refractivity contribution in [1.82, 2.24) is 5.32 Å². The summed E-state index contributed by atoms with van der Waals surface area (Å²) >= 11 is 0. The fourth-order valence-corrected chi connectivity index (χ4v) is 2.03. The highest BCUT2D eigenvalue weighted by Crippen LogP contribution is 2.29. The summed E-state index contributed by atoms with van der Waals surface area (Å²) in [6.45, 7) is 2.45. The van der Waals surface area contributed by atoms with E-state index in [4.69, 9.17) is 5.11 Å². The van der Waals surface area contributed by atoms with Gasteiger partial charge in [0.1, 0.15) is 0 Å². The molecule has 0 aromatic carbocycles. The molecule has 1 fully saturated rings. The largest absolute Gasteiger partial charge is 0.478 e. The topological polar surface area (TPSA) is 69.6 Å². The quantitative estimate of drug-likeness (QED) is 0.594. The zero-order valence-electron chi connectivity index (χ0n) is 9.12. The Morgan fingerprint density at radius 2 is 2.07 bits per heavy atom. The lowest BCUT2D eigenvalue weighted by Crippen LogP contribution is -2.46. The van der Waals surface area contributed by atoms with Gasteiger partial charge in [-0.15, -0.1) is 0 Å². The number of hydrogen-bond donors (Lipinski definition) is 3. The van der Waals surface area contributed by atoms with E-state index < -0.39 is 5.97 Å². The van der Waals surface area contributed by atoms with E-state index in [1.807, 2.05) is 0 Å². The number of aliphatic hydroxyl groups is 1. The van der Waals surface area contributed by atoms with E-state index >= 15 is 0 Å². The SMILES string of the molecule is CC(=CC(=O)O)CNC1(CO)CCCC1. The summed E-state index contributed by atoms with van der Waals surface area (Å²) in [5.74, 6) is -0.918. The Morgan fingerprint density at radius 3 is 2.53 bits per heavy atom. The minimum Gasteiger partial charge on any atom is -0.478 e. The van der Waals surface area contributed by atoms with Gasteiger partial charge in [-0.1, -0.05) is 18.4 Å². The lowest BCUT2D eigenvalue weighted by Gasteiger charge is -2.28. The molecular weight excluding hydrogens is 194 g/mol. The number of carboxylic acid groups (broad SMARTS) is 1.